The molecule has 0 amide bonds. The summed E-state index contributed by atoms with van der Waals surface area (Å²) >= 11 is 0. The first-order valence-electron chi connectivity index (χ1n) is 4.85. The van der Waals surface area contributed by atoms with E-state index < -0.39 is 10.1 Å². The number of hydrogen-bond donors (Lipinski definition) is 0. The minimum Gasteiger partial charge on any atom is -0.381 e. The van der Waals surface area contributed by atoms with Crippen LogP contribution in [0.25, 0.3) is 0 Å². The Morgan fingerprint density at radius 3 is 2.60 bits per heavy atom. The van der Waals surface area contributed by atoms with Crippen molar-refractivity contribution in [1.29, 1.82) is 0 Å². The predicted octanol–water partition coefficient (Wildman–Crippen LogP) is 1.17. The zero-order chi connectivity index (χ0) is 11.7. The van der Waals surface area contributed by atoms with Gasteiger partial charge in [-0.05, 0) is 19.8 Å². The van der Waals surface area contributed by atoms with Gasteiger partial charge < -0.3 is 4.74 Å². The van der Waals surface area contributed by atoms with Crippen molar-refractivity contribution >= 4 is 10.1 Å². The SMILES string of the molecule is C#CCCCOCC[C@H](C)OS(C)(=O)=O. The summed E-state index contributed by atoms with van der Waals surface area (Å²) in [5.74, 6) is 2.51. The van der Waals surface area contributed by atoms with Crippen molar-refractivity contribution in [3.63, 3.8) is 0 Å². The number of hydrogen-bond acceptors (Lipinski definition) is 4. The van der Waals surface area contributed by atoms with Crippen molar-refractivity contribution in [2.24, 2.45) is 0 Å². The van der Waals surface area contributed by atoms with E-state index in [0.29, 0.717) is 26.1 Å². The summed E-state index contributed by atoms with van der Waals surface area (Å²) in [6.07, 6.45) is 7.86. The maximum Gasteiger partial charge on any atom is 0.264 e. The lowest BCUT2D eigenvalue weighted by Crippen LogP contribution is -2.16. The molecule has 0 radical (unpaired) electrons. The van der Waals surface area contributed by atoms with Gasteiger partial charge in [0.05, 0.1) is 12.4 Å². The Balaban J connectivity index is 3.40. The van der Waals surface area contributed by atoms with Gasteiger partial charge in [0.25, 0.3) is 10.1 Å². The van der Waals surface area contributed by atoms with Gasteiger partial charge in [-0.2, -0.15) is 8.42 Å². The fraction of sp³-hybridized carbons (Fsp3) is 0.800. The van der Waals surface area contributed by atoms with Gasteiger partial charge in [-0.3, -0.25) is 4.18 Å². The lowest BCUT2D eigenvalue weighted by Gasteiger charge is -2.10. The number of rotatable bonds is 8. The number of ether oxygens (including phenoxy) is 1. The van der Waals surface area contributed by atoms with Gasteiger partial charge in [0.2, 0.25) is 0 Å². The summed E-state index contributed by atoms with van der Waals surface area (Å²) in [5, 5.41) is 0. The number of terminal acetylenes is 1. The van der Waals surface area contributed by atoms with Crippen LogP contribution in [0.1, 0.15) is 26.2 Å². The van der Waals surface area contributed by atoms with E-state index in [9.17, 15) is 8.42 Å². The highest BCUT2D eigenvalue weighted by Crippen LogP contribution is 2.02. The van der Waals surface area contributed by atoms with Gasteiger partial charge in [0, 0.05) is 19.6 Å². The van der Waals surface area contributed by atoms with Crippen molar-refractivity contribution in [2.75, 3.05) is 19.5 Å². The Morgan fingerprint density at radius 2 is 2.07 bits per heavy atom. The molecule has 0 aromatic heterocycles. The van der Waals surface area contributed by atoms with Crippen LogP contribution in [0.4, 0.5) is 0 Å². The lowest BCUT2D eigenvalue weighted by molar-refractivity contribution is 0.0994. The third-order valence-corrected chi connectivity index (χ3v) is 2.30. The molecule has 5 heteroatoms. The molecule has 0 heterocycles. The van der Waals surface area contributed by atoms with E-state index in [1.807, 2.05) is 0 Å². The smallest absolute Gasteiger partial charge is 0.264 e. The van der Waals surface area contributed by atoms with Crippen LogP contribution in [-0.2, 0) is 19.0 Å². The van der Waals surface area contributed by atoms with E-state index >= 15 is 0 Å². The molecule has 15 heavy (non-hydrogen) atoms. The summed E-state index contributed by atoms with van der Waals surface area (Å²) in [6.45, 7) is 2.79. The molecule has 0 saturated carbocycles. The van der Waals surface area contributed by atoms with Gasteiger partial charge >= 0.3 is 0 Å². The first-order valence-corrected chi connectivity index (χ1v) is 6.67. The van der Waals surface area contributed by atoms with E-state index in [4.69, 9.17) is 15.3 Å². The molecule has 0 aliphatic heterocycles. The third kappa shape index (κ3) is 11.4. The van der Waals surface area contributed by atoms with Gasteiger partial charge in [-0.15, -0.1) is 12.3 Å². The molecule has 0 spiro atoms. The second-order valence-corrected chi connectivity index (χ2v) is 4.92. The highest BCUT2D eigenvalue weighted by molar-refractivity contribution is 7.86. The number of unbranched alkanes of at least 4 members (excludes halogenated alkanes) is 1. The molecule has 0 rings (SSSR count). The van der Waals surface area contributed by atoms with Gasteiger partial charge in [0.1, 0.15) is 0 Å². The van der Waals surface area contributed by atoms with Gasteiger partial charge in [-0.1, -0.05) is 0 Å². The molecule has 0 N–H and O–H groups in total. The fourth-order valence-electron chi connectivity index (χ4n) is 0.974. The summed E-state index contributed by atoms with van der Waals surface area (Å²) in [7, 11) is -3.36. The monoisotopic (exact) mass is 234 g/mol. The van der Waals surface area contributed by atoms with Crippen LogP contribution in [0.5, 0.6) is 0 Å². The maximum atomic E-state index is 10.7. The van der Waals surface area contributed by atoms with Crippen molar-refractivity contribution < 1.29 is 17.3 Å². The van der Waals surface area contributed by atoms with Crippen LogP contribution >= 0.6 is 0 Å². The molecule has 0 fully saturated rings. The Hall–Kier alpha value is -0.570. The van der Waals surface area contributed by atoms with E-state index in [2.05, 4.69) is 5.92 Å². The van der Waals surface area contributed by atoms with Crippen LogP contribution in [0.3, 0.4) is 0 Å². The highest BCUT2D eigenvalue weighted by atomic mass is 32.2. The second-order valence-electron chi connectivity index (χ2n) is 3.32. The first-order chi connectivity index (χ1) is 6.95. The largest absolute Gasteiger partial charge is 0.381 e. The molecule has 88 valence electrons. The third-order valence-electron chi connectivity index (χ3n) is 1.62. The van der Waals surface area contributed by atoms with Gasteiger partial charge in [-0.25, -0.2) is 0 Å². The molecule has 0 saturated heterocycles. The molecule has 0 aliphatic rings. The van der Waals surface area contributed by atoms with Crippen LogP contribution < -0.4 is 0 Å². The molecular weight excluding hydrogens is 216 g/mol. The van der Waals surface area contributed by atoms with Crippen LogP contribution in [0.2, 0.25) is 0 Å². The molecule has 0 bridgehead atoms. The van der Waals surface area contributed by atoms with Gasteiger partial charge in [0.15, 0.2) is 0 Å². The van der Waals surface area contributed by atoms with Crippen LogP contribution in [0, 0.1) is 12.3 Å². The van der Waals surface area contributed by atoms with Crippen molar-refractivity contribution in [3.8, 4) is 12.3 Å². The Kier molecular flexibility index (Phi) is 7.39. The predicted molar refractivity (Wildman–Crippen MR) is 58.9 cm³/mol. The van der Waals surface area contributed by atoms with E-state index in [1.165, 1.54) is 0 Å². The minimum atomic E-state index is -3.36. The van der Waals surface area contributed by atoms with E-state index in [1.54, 1.807) is 6.92 Å². The van der Waals surface area contributed by atoms with Crippen LogP contribution in [0.15, 0.2) is 0 Å². The lowest BCUT2D eigenvalue weighted by atomic mass is 10.3. The Morgan fingerprint density at radius 1 is 1.40 bits per heavy atom. The first kappa shape index (κ1) is 14.4. The molecule has 0 unspecified atom stereocenters. The highest BCUT2D eigenvalue weighted by Gasteiger charge is 2.09. The molecule has 0 aromatic rings. The van der Waals surface area contributed by atoms with E-state index in [0.717, 1.165) is 12.7 Å². The quantitative estimate of drug-likeness (QED) is 0.359. The topological polar surface area (TPSA) is 52.6 Å². The molecule has 4 nitrogen and oxygen atoms in total. The summed E-state index contributed by atoms with van der Waals surface area (Å²) in [4.78, 5) is 0. The second kappa shape index (κ2) is 7.69. The summed E-state index contributed by atoms with van der Waals surface area (Å²) in [6, 6.07) is 0. The van der Waals surface area contributed by atoms with Crippen molar-refractivity contribution in [2.45, 2.75) is 32.3 Å². The summed E-state index contributed by atoms with van der Waals surface area (Å²) < 4.78 is 31.4. The van der Waals surface area contributed by atoms with Crippen LogP contribution in [-0.4, -0.2) is 34.0 Å². The fourth-order valence-corrected chi connectivity index (χ4v) is 1.67. The zero-order valence-corrected chi connectivity index (χ0v) is 10.0. The summed E-state index contributed by atoms with van der Waals surface area (Å²) in [5.41, 5.74) is 0. The zero-order valence-electron chi connectivity index (χ0n) is 9.23. The van der Waals surface area contributed by atoms with E-state index in [-0.39, 0.29) is 6.10 Å². The average molecular weight is 234 g/mol. The maximum absolute atomic E-state index is 10.7. The van der Waals surface area contributed by atoms with Crippen molar-refractivity contribution in [1.82, 2.24) is 0 Å². The molecule has 1 atom stereocenters. The minimum absolute atomic E-state index is 0.340. The molecule has 0 aromatic carbocycles. The average Bonchev–Trinajstić information content (AvgIpc) is 2.08. The Labute approximate surface area is 92.1 Å². The van der Waals surface area contributed by atoms with Crippen molar-refractivity contribution in [3.05, 3.63) is 0 Å². The normalized spacial score (nSPS) is 13.4. The standard InChI is InChI=1S/C10H18O4S/c1-4-5-6-8-13-9-7-10(2)14-15(3,11)12/h1,10H,5-9H2,2-3H3/t10-/m0/s1. The molecule has 0 aliphatic carbocycles. The Bertz CT molecular complexity index is 289. The molecular formula is C10H18O4S.